The summed E-state index contributed by atoms with van der Waals surface area (Å²) in [6.45, 7) is 3.09. The topological polar surface area (TPSA) is 66.4 Å². The van der Waals surface area contributed by atoms with Crippen LogP contribution in [0.15, 0.2) is 65.6 Å². The van der Waals surface area contributed by atoms with Gasteiger partial charge < -0.3 is 4.90 Å². The Morgan fingerprint density at radius 2 is 1.61 bits per heavy atom. The lowest BCUT2D eigenvalue weighted by atomic mass is 10.1. The summed E-state index contributed by atoms with van der Waals surface area (Å²) in [6, 6.07) is 15.6. The van der Waals surface area contributed by atoms with Gasteiger partial charge in [0.1, 0.15) is 0 Å². The lowest BCUT2D eigenvalue weighted by molar-refractivity contribution is -0.137. The van der Waals surface area contributed by atoms with Gasteiger partial charge in [-0.25, -0.2) is 8.42 Å². The second-order valence-electron chi connectivity index (χ2n) is 7.74. The third kappa shape index (κ3) is 5.01. The molecule has 4 rings (SSSR count). The average molecular weight is 477 g/mol. The van der Waals surface area contributed by atoms with Crippen LogP contribution in [0.3, 0.4) is 0 Å². The summed E-state index contributed by atoms with van der Waals surface area (Å²) < 4.78 is 65.9. The van der Waals surface area contributed by atoms with Gasteiger partial charge in [0.25, 0.3) is 0 Å². The molecule has 1 aliphatic heterocycles. The van der Waals surface area contributed by atoms with E-state index in [0.717, 1.165) is 29.8 Å². The Morgan fingerprint density at radius 3 is 2.18 bits per heavy atom. The molecule has 0 saturated carbocycles. The van der Waals surface area contributed by atoms with Crippen molar-refractivity contribution in [1.82, 2.24) is 14.5 Å². The quantitative estimate of drug-likeness (QED) is 0.551. The van der Waals surface area contributed by atoms with E-state index in [1.165, 1.54) is 15.9 Å². The summed E-state index contributed by atoms with van der Waals surface area (Å²) in [5, 5.41) is 8.59. The van der Waals surface area contributed by atoms with Crippen LogP contribution in [0.2, 0.25) is 0 Å². The first-order chi connectivity index (χ1) is 15.7. The fourth-order valence-electron chi connectivity index (χ4n) is 3.70. The molecular weight excluding hydrogens is 453 g/mol. The van der Waals surface area contributed by atoms with Gasteiger partial charge in [-0.3, -0.25) is 0 Å². The van der Waals surface area contributed by atoms with Crippen LogP contribution in [0, 0.1) is 0 Å². The van der Waals surface area contributed by atoms with Crippen molar-refractivity contribution in [2.75, 3.05) is 31.1 Å². The molecule has 6 nitrogen and oxygen atoms in total. The molecule has 0 radical (unpaired) electrons. The normalized spacial score (nSPS) is 15.6. The summed E-state index contributed by atoms with van der Waals surface area (Å²) in [4.78, 5) is 1.55. The molecule has 0 atom stereocenters. The third-order valence-corrected chi connectivity index (χ3v) is 7.56. The van der Waals surface area contributed by atoms with Gasteiger partial charge in [-0.05, 0) is 42.3 Å². The van der Waals surface area contributed by atoms with E-state index in [-0.39, 0.29) is 18.0 Å². The Kier molecular flexibility index (Phi) is 6.40. The molecule has 0 unspecified atom stereocenters. The number of sulfonamides is 1. The number of aromatic nitrogens is 2. The van der Waals surface area contributed by atoms with Gasteiger partial charge in [-0.15, -0.1) is 10.2 Å². The largest absolute Gasteiger partial charge is 0.416 e. The highest BCUT2D eigenvalue weighted by molar-refractivity contribution is 7.89. The Hall–Kier alpha value is -2.98. The van der Waals surface area contributed by atoms with Crippen LogP contribution in [0.4, 0.5) is 19.0 Å². The van der Waals surface area contributed by atoms with E-state index in [9.17, 15) is 21.6 Å². The maximum atomic E-state index is 13.0. The number of anilines is 1. The van der Waals surface area contributed by atoms with Crippen molar-refractivity contribution in [2.45, 2.75) is 24.4 Å². The first-order valence-electron chi connectivity index (χ1n) is 10.5. The molecule has 2 aromatic carbocycles. The second-order valence-corrected chi connectivity index (χ2v) is 9.68. The van der Waals surface area contributed by atoms with E-state index in [4.69, 9.17) is 0 Å². The predicted molar refractivity (Wildman–Crippen MR) is 119 cm³/mol. The number of rotatable bonds is 5. The molecule has 0 bridgehead atoms. The predicted octanol–water partition coefficient (Wildman–Crippen LogP) is 4.24. The standard InChI is InChI=1S/C23H23F3N4O2S/c1-2-17-6-8-18(9-7-17)21-10-11-22(28-27-21)29-12-14-30(15-13-29)33(31,32)20-5-3-4-19(16-20)23(24,25)26/h3-11,16H,2,12-15H2,1H3. The monoisotopic (exact) mass is 476 g/mol. The molecule has 0 spiro atoms. The fraction of sp³-hybridized carbons (Fsp3) is 0.304. The maximum Gasteiger partial charge on any atom is 0.416 e. The van der Waals surface area contributed by atoms with Crippen molar-refractivity contribution >= 4 is 15.8 Å². The molecule has 0 N–H and O–H groups in total. The Morgan fingerprint density at radius 1 is 0.909 bits per heavy atom. The molecule has 1 saturated heterocycles. The minimum atomic E-state index is -4.60. The molecule has 1 aromatic heterocycles. The number of aryl methyl sites for hydroxylation is 1. The summed E-state index contributed by atoms with van der Waals surface area (Å²) >= 11 is 0. The van der Waals surface area contributed by atoms with E-state index < -0.39 is 21.8 Å². The summed E-state index contributed by atoms with van der Waals surface area (Å²) in [7, 11) is -4.03. The number of hydrogen-bond donors (Lipinski definition) is 0. The van der Waals surface area contributed by atoms with Gasteiger partial charge >= 0.3 is 6.18 Å². The van der Waals surface area contributed by atoms with E-state index in [2.05, 4.69) is 29.3 Å². The highest BCUT2D eigenvalue weighted by Gasteiger charge is 2.34. The zero-order valence-corrected chi connectivity index (χ0v) is 18.8. The molecule has 10 heteroatoms. The van der Waals surface area contributed by atoms with Crippen LogP contribution in [0.25, 0.3) is 11.3 Å². The minimum absolute atomic E-state index is 0.139. The molecule has 1 aliphatic rings. The molecule has 0 aliphatic carbocycles. The number of nitrogens with zero attached hydrogens (tertiary/aromatic N) is 4. The number of hydrogen-bond acceptors (Lipinski definition) is 5. The highest BCUT2D eigenvalue weighted by Crippen LogP contribution is 2.31. The Balaban J connectivity index is 1.43. The molecule has 0 amide bonds. The van der Waals surface area contributed by atoms with E-state index >= 15 is 0 Å². The van der Waals surface area contributed by atoms with Crippen LogP contribution < -0.4 is 4.90 Å². The number of piperazine rings is 1. The SMILES string of the molecule is CCc1ccc(-c2ccc(N3CCN(S(=O)(=O)c4cccc(C(F)(F)F)c4)CC3)nn2)cc1. The first kappa shape index (κ1) is 23.2. The number of halogens is 3. The van der Waals surface area contributed by atoms with Gasteiger partial charge in [0.05, 0.1) is 16.2 Å². The van der Waals surface area contributed by atoms with Crippen LogP contribution in [-0.4, -0.2) is 49.1 Å². The highest BCUT2D eigenvalue weighted by atomic mass is 32.2. The average Bonchev–Trinajstić information content (AvgIpc) is 2.84. The van der Waals surface area contributed by atoms with Crippen LogP contribution in [0.1, 0.15) is 18.1 Å². The van der Waals surface area contributed by atoms with Crippen molar-refractivity contribution in [3.63, 3.8) is 0 Å². The Bertz CT molecular complexity index is 1210. The van der Waals surface area contributed by atoms with Crippen molar-refractivity contribution < 1.29 is 21.6 Å². The smallest absolute Gasteiger partial charge is 0.352 e. The van der Waals surface area contributed by atoms with Crippen molar-refractivity contribution in [1.29, 1.82) is 0 Å². The Labute approximate surface area is 190 Å². The van der Waals surface area contributed by atoms with E-state index in [1.807, 2.05) is 29.2 Å². The third-order valence-electron chi connectivity index (χ3n) is 5.67. The lowest BCUT2D eigenvalue weighted by Gasteiger charge is -2.34. The van der Waals surface area contributed by atoms with Crippen molar-refractivity contribution in [3.8, 4) is 11.3 Å². The van der Waals surface area contributed by atoms with Crippen molar-refractivity contribution in [3.05, 3.63) is 71.8 Å². The molecule has 1 fully saturated rings. The van der Waals surface area contributed by atoms with Gasteiger partial charge in [-0.1, -0.05) is 37.3 Å². The number of benzene rings is 2. The van der Waals surface area contributed by atoms with Crippen LogP contribution in [-0.2, 0) is 22.6 Å². The van der Waals surface area contributed by atoms with Crippen LogP contribution in [0.5, 0.6) is 0 Å². The molecule has 174 valence electrons. The lowest BCUT2D eigenvalue weighted by Crippen LogP contribution is -2.49. The second kappa shape index (κ2) is 9.11. The summed E-state index contributed by atoms with van der Waals surface area (Å²) in [6.07, 6.45) is -3.65. The van der Waals surface area contributed by atoms with Gasteiger partial charge in [-0.2, -0.15) is 17.5 Å². The molecule has 3 aromatic rings. The molecular formula is C23H23F3N4O2S. The van der Waals surface area contributed by atoms with Gasteiger partial charge in [0.15, 0.2) is 5.82 Å². The van der Waals surface area contributed by atoms with E-state index in [0.29, 0.717) is 25.0 Å². The summed E-state index contributed by atoms with van der Waals surface area (Å²) in [5.74, 6) is 0.625. The summed E-state index contributed by atoms with van der Waals surface area (Å²) in [5.41, 5.74) is 1.96. The maximum absolute atomic E-state index is 13.0. The van der Waals surface area contributed by atoms with Crippen LogP contribution >= 0.6 is 0 Å². The van der Waals surface area contributed by atoms with Gasteiger partial charge in [0.2, 0.25) is 10.0 Å². The van der Waals surface area contributed by atoms with Crippen molar-refractivity contribution in [2.24, 2.45) is 0 Å². The molecule has 33 heavy (non-hydrogen) atoms. The van der Waals surface area contributed by atoms with Gasteiger partial charge in [0, 0.05) is 31.7 Å². The zero-order valence-electron chi connectivity index (χ0n) is 18.0. The molecule has 2 heterocycles. The van der Waals surface area contributed by atoms with E-state index in [1.54, 1.807) is 0 Å². The first-order valence-corrected chi connectivity index (χ1v) is 12.0. The zero-order chi connectivity index (χ0) is 23.6. The number of alkyl halides is 3. The minimum Gasteiger partial charge on any atom is -0.352 e. The fourth-order valence-corrected chi connectivity index (χ4v) is 5.17.